The number of methoxy groups -OCH3 is 1. The number of carbonyl (C=O) groups is 1. The zero-order valence-corrected chi connectivity index (χ0v) is 18.9. The number of nitrogens with zero attached hydrogens (tertiary/aromatic N) is 2. The first-order valence-electron chi connectivity index (χ1n) is 10.4. The molecule has 2 aliphatic carbocycles. The molecule has 1 fully saturated rings. The minimum atomic E-state index is -1.48. The molecule has 2 aromatic rings. The number of hydrogen-bond donors (Lipinski definition) is 2. The summed E-state index contributed by atoms with van der Waals surface area (Å²) >= 11 is 12.1. The third-order valence-corrected chi connectivity index (χ3v) is 6.62. The van der Waals surface area contributed by atoms with E-state index in [0.717, 1.165) is 31.2 Å². The smallest absolute Gasteiger partial charge is 0.255 e. The maximum atomic E-state index is 14.6. The van der Waals surface area contributed by atoms with Gasteiger partial charge < -0.3 is 19.9 Å². The summed E-state index contributed by atoms with van der Waals surface area (Å²) in [5, 5.41) is 6.52. The monoisotopic (exact) mass is 466 g/mol. The number of halogens is 3. The van der Waals surface area contributed by atoms with Crippen LogP contribution in [0.2, 0.25) is 0 Å². The topological polar surface area (TPSA) is 68.2 Å². The van der Waals surface area contributed by atoms with E-state index >= 15 is 0 Å². The minimum absolute atomic E-state index is 0.0732. The van der Waals surface area contributed by atoms with Crippen molar-refractivity contribution in [3.05, 3.63) is 39.9 Å². The molecule has 0 radical (unpaired) electrons. The van der Waals surface area contributed by atoms with Crippen molar-refractivity contribution in [1.29, 1.82) is 0 Å². The second-order valence-corrected chi connectivity index (χ2v) is 8.84. The van der Waals surface area contributed by atoms with Crippen LogP contribution in [0.25, 0.3) is 11.0 Å². The van der Waals surface area contributed by atoms with Gasteiger partial charge in [-0.2, -0.15) is 0 Å². The molecule has 0 bridgehead atoms. The average Bonchev–Trinajstić information content (AvgIpc) is 3.08. The summed E-state index contributed by atoms with van der Waals surface area (Å²) in [6.07, 6.45) is 6.99. The van der Waals surface area contributed by atoms with Crippen LogP contribution in [0.4, 0.5) is 10.3 Å². The first-order chi connectivity index (χ1) is 14.9. The molecule has 1 saturated carbocycles. The van der Waals surface area contributed by atoms with Crippen molar-refractivity contribution in [2.24, 2.45) is 7.05 Å². The van der Waals surface area contributed by atoms with Gasteiger partial charge in [0.25, 0.3) is 5.91 Å². The molecule has 166 valence electrons. The van der Waals surface area contributed by atoms with Gasteiger partial charge in [0.2, 0.25) is 5.95 Å². The lowest BCUT2D eigenvalue weighted by Crippen LogP contribution is -2.36. The SMILES string of the molecule is COc1cc2c(cc1C(=O)NC1CCCCC1)nc(NC1C(Cl)=CC=C(Cl)C1F)n2C. The molecule has 0 spiro atoms. The lowest BCUT2D eigenvalue weighted by molar-refractivity contribution is 0.0925. The predicted molar refractivity (Wildman–Crippen MR) is 122 cm³/mol. The van der Waals surface area contributed by atoms with Crippen molar-refractivity contribution in [1.82, 2.24) is 14.9 Å². The lowest BCUT2D eigenvalue weighted by Gasteiger charge is -2.24. The molecule has 2 unspecified atom stereocenters. The molecule has 1 aromatic carbocycles. The third-order valence-electron chi connectivity index (χ3n) is 5.93. The van der Waals surface area contributed by atoms with Crippen LogP contribution in [-0.4, -0.2) is 40.8 Å². The number of benzene rings is 1. The van der Waals surface area contributed by atoms with Crippen molar-refractivity contribution in [3.63, 3.8) is 0 Å². The molecule has 0 aliphatic heterocycles. The van der Waals surface area contributed by atoms with E-state index in [1.165, 1.54) is 19.6 Å². The van der Waals surface area contributed by atoms with Gasteiger partial charge in [-0.1, -0.05) is 42.5 Å². The fourth-order valence-electron chi connectivity index (χ4n) is 4.14. The van der Waals surface area contributed by atoms with Crippen LogP contribution in [0.3, 0.4) is 0 Å². The number of amides is 1. The third kappa shape index (κ3) is 4.39. The molecule has 1 heterocycles. The van der Waals surface area contributed by atoms with Crippen LogP contribution in [0.5, 0.6) is 5.75 Å². The second-order valence-electron chi connectivity index (χ2n) is 7.97. The molecule has 1 aromatic heterocycles. The van der Waals surface area contributed by atoms with Gasteiger partial charge in [-0.3, -0.25) is 4.79 Å². The van der Waals surface area contributed by atoms with Gasteiger partial charge in [-0.15, -0.1) is 0 Å². The predicted octanol–water partition coefficient (Wildman–Crippen LogP) is 5.02. The van der Waals surface area contributed by atoms with Gasteiger partial charge >= 0.3 is 0 Å². The number of anilines is 1. The van der Waals surface area contributed by atoms with Crippen molar-refractivity contribution in [2.45, 2.75) is 50.4 Å². The van der Waals surface area contributed by atoms with Gasteiger partial charge in [-0.05, 0) is 31.1 Å². The Balaban J connectivity index is 1.63. The van der Waals surface area contributed by atoms with E-state index in [1.807, 2.05) is 0 Å². The van der Waals surface area contributed by atoms with Crippen LogP contribution < -0.4 is 15.4 Å². The largest absolute Gasteiger partial charge is 0.496 e. The summed E-state index contributed by atoms with van der Waals surface area (Å²) < 4.78 is 21.8. The van der Waals surface area contributed by atoms with Gasteiger partial charge in [-0.25, -0.2) is 9.37 Å². The number of fused-ring (bicyclic) bond motifs is 1. The number of nitrogens with one attached hydrogen (secondary N) is 2. The number of rotatable bonds is 5. The van der Waals surface area contributed by atoms with Gasteiger partial charge in [0, 0.05) is 24.2 Å². The summed E-state index contributed by atoms with van der Waals surface area (Å²) in [6.45, 7) is 0. The highest BCUT2D eigenvalue weighted by atomic mass is 35.5. The summed E-state index contributed by atoms with van der Waals surface area (Å²) in [6, 6.07) is 2.81. The lowest BCUT2D eigenvalue weighted by atomic mass is 9.95. The number of ether oxygens (including phenoxy) is 1. The van der Waals surface area contributed by atoms with Crippen LogP contribution in [0.15, 0.2) is 34.3 Å². The first-order valence-corrected chi connectivity index (χ1v) is 11.1. The highest BCUT2D eigenvalue weighted by Crippen LogP contribution is 2.32. The molecule has 2 N–H and O–H groups in total. The minimum Gasteiger partial charge on any atom is -0.496 e. The Morgan fingerprint density at radius 1 is 1.19 bits per heavy atom. The van der Waals surface area contributed by atoms with Gasteiger partial charge in [0.05, 0.1) is 28.7 Å². The quantitative estimate of drug-likeness (QED) is 0.648. The van der Waals surface area contributed by atoms with Crippen molar-refractivity contribution in [2.75, 3.05) is 12.4 Å². The summed E-state index contributed by atoms with van der Waals surface area (Å²) in [7, 11) is 3.33. The maximum Gasteiger partial charge on any atom is 0.255 e. The molecule has 2 aliphatic rings. The zero-order valence-electron chi connectivity index (χ0n) is 17.4. The van der Waals surface area contributed by atoms with Crippen molar-refractivity contribution < 1.29 is 13.9 Å². The Hall–Kier alpha value is -2.25. The molecular formula is C22H25Cl2FN4O2. The van der Waals surface area contributed by atoms with Crippen LogP contribution in [-0.2, 0) is 7.05 Å². The van der Waals surface area contributed by atoms with Crippen molar-refractivity contribution in [3.8, 4) is 5.75 Å². The maximum absolute atomic E-state index is 14.6. The molecule has 6 nitrogen and oxygen atoms in total. The number of imidazole rings is 1. The van der Waals surface area contributed by atoms with Crippen LogP contribution in [0, 0.1) is 0 Å². The fourth-order valence-corrected chi connectivity index (χ4v) is 4.56. The zero-order chi connectivity index (χ0) is 22.1. The number of hydrogen-bond acceptors (Lipinski definition) is 4. The molecule has 2 atom stereocenters. The Kier molecular flexibility index (Phi) is 6.44. The first kappa shape index (κ1) is 22.0. The number of aryl methyl sites for hydroxylation is 1. The Labute approximate surface area is 190 Å². The average molecular weight is 467 g/mol. The standard InChI is InChI=1S/C22H25Cl2FN4O2/c1-29-17-11-18(31-2)13(21(30)26-12-6-4-3-5-7-12)10-16(17)27-22(29)28-20-15(24)9-8-14(23)19(20)25/h8-12,19-20H,3-7H2,1-2H3,(H,26,30)(H,27,28). The van der Waals surface area contributed by atoms with E-state index in [2.05, 4.69) is 15.6 Å². The molecule has 31 heavy (non-hydrogen) atoms. The Bertz CT molecular complexity index is 1060. The number of allylic oxidation sites excluding steroid dienone is 2. The van der Waals surface area contributed by atoms with Crippen molar-refractivity contribution >= 4 is 46.1 Å². The summed E-state index contributed by atoms with van der Waals surface area (Å²) in [4.78, 5) is 17.5. The number of aromatic nitrogens is 2. The van der Waals surface area contributed by atoms with Crippen LogP contribution in [0.1, 0.15) is 42.5 Å². The molecule has 4 rings (SSSR count). The highest BCUT2D eigenvalue weighted by Gasteiger charge is 2.31. The van der Waals surface area contributed by atoms with E-state index in [-0.39, 0.29) is 17.0 Å². The summed E-state index contributed by atoms with van der Waals surface area (Å²) in [5.74, 6) is 0.692. The van der Waals surface area contributed by atoms with E-state index in [1.54, 1.807) is 29.8 Å². The van der Waals surface area contributed by atoms with E-state index < -0.39 is 12.2 Å². The molecule has 1 amide bonds. The van der Waals surface area contributed by atoms with Gasteiger partial charge in [0.15, 0.2) is 6.17 Å². The van der Waals surface area contributed by atoms with Gasteiger partial charge in [0.1, 0.15) is 11.8 Å². The highest BCUT2D eigenvalue weighted by molar-refractivity contribution is 6.33. The van der Waals surface area contributed by atoms with E-state index in [4.69, 9.17) is 27.9 Å². The second kappa shape index (κ2) is 9.09. The summed E-state index contributed by atoms with van der Waals surface area (Å²) in [5.41, 5.74) is 1.75. The molecular weight excluding hydrogens is 442 g/mol. The van der Waals surface area contributed by atoms with E-state index in [0.29, 0.717) is 27.8 Å². The van der Waals surface area contributed by atoms with E-state index in [9.17, 15) is 9.18 Å². The Morgan fingerprint density at radius 2 is 1.90 bits per heavy atom. The Morgan fingerprint density at radius 3 is 2.61 bits per heavy atom. The number of carbonyl (C=O) groups excluding carboxylic acids is 1. The molecule has 0 saturated heterocycles. The fraction of sp³-hybridized carbons (Fsp3) is 0.455. The normalized spacial score (nSPS) is 22.1. The molecule has 9 heteroatoms. The van der Waals surface area contributed by atoms with Crippen LogP contribution >= 0.6 is 23.2 Å². The number of alkyl halides is 1.